The molecule has 0 saturated carbocycles. The van der Waals surface area contributed by atoms with Gasteiger partial charge in [-0.15, -0.1) is 0 Å². The van der Waals surface area contributed by atoms with Crippen LogP contribution in [0.2, 0.25) is 6.32 Å². The zero-order valence-electron chi connectivity index (χ0n) is 14.6. The van der Waals surface area contributed by atoms with Gasteiger partial charge in [-0.25, -0.2) is 0 Å². The van der Waals surface area contributed by atoms with Crippen LogP contribution in [0.5, 0.6) is 0 Å². The van der Waals surface area contributed by atoms with Gasteiger partial charge in [0.2, 0.25) is 0 Å². The Bertz CT molecular complexity index is 511. The Balaban J connectivity index is 1.79. The molecule has 0 unspecified atom stereocenters. The minimum atomic E-state index is -0.341. The molecule has 2 saturated heterocycles. The Morgan fingerprint density at radius 2 is 1.73 bits per heavy atom. The molecule has 2 heterocycles. The van der Waals surface area contributed by atoms with Crippen molar-refractivity contribution in [2.75, 3.05) is 6.61 Å². The second-order valence-corrected chi connectivity index (χ2v) is 8.57. The molecule has 122 valence electrons. The molecule has 0 spiro atoms. The molecular formula is C17H27BO4. The molecule has 3 aliphatic rings. The van der Waals surface area contributed by atoms with Gasteiger partial charge in [0, 0.05) is 12.3 Å². The maximum Gasteiger partial charge on any atom is 0.458 e. The van der Waals surface area contributed by atoms with Crippen LogP contribution in [0, 0.1) is 11.3 Å². The summed E-state index contributed by atoms with van der Waals surface area (Å²) in [6, 6.07) is 0. The molecule has 0 N–H and O–H groups in total. The van der Waals surface area contributed by atoms with Crippen LogP contribution in [0.25, 0.3) is 0 Å². The van der Waals surface area contributed by atoms with E-state index in [0.717, 1.165) is 6.32 Å². The molecule has 5 heteroatoms. The van der Waals surface area contributed by atoms with E-state index in [0.29, 0.717) is 13.0 Å². The molecule has 3 rings (SSSR count). The van der Waals surface area contributed by atoms with Crippen molar-refractivity contribution in [2.24, 2.45) is 11.3 Å². The van der Waals surface area contributed by atoms with Gasteiger partial charge in [0.25, 0.3) is 0 Å². The van der Waals surface area contributed by atoms with Crippen molar-refractivity contribution in [1.29, 1.82) is 0 Å². The minimum absolute atomic E-state index is 0.115. The molecule has 1 aliphatic carbocycles. The van der Waals surface area contributed by atoms with Crippen molar-refractivity contribution in [3.05, 3.63) is 12.2 Å². The predicted molar refractivity (Wildman–Crippen MR) is 85.6 cm³/mol. The van der Waals surface area contributed by atoms with E-state index in [1.165, 1.54) is 0 Å². The maximum absolute atomic E-state index is 11.9. The Morgan fingerprint density at radius 3 is 2.32 bits per heavy atom. The highest BCUT2D eigenvalue weighted by Gasteiger charge is 2.59. The van der Waals surface area contributed by atoms with Crippen LogP contribution >= 0.6 is 0 Å². The molecular weight excluding hydrogens is 279 g/mol. The van der Waals surface area contributed by atoms with E-state index in [-0.39, 0.29) is 41.0 Å². The first-order chi connectivity index (χ1) is 9.98. The van der Waals surface area contributed by atoms with Crippen molar-refractivity contribution >= 4 is 12.9 Å². The largest absolute Gasteiger partial charge is 0.458 e. The van der Waals surface area contributed by atoms with E-state index < -0.39 is 0 Å². The minimum Gasteiger partial charge on any atom is -0.403 e. The average Bonchev–Trinajstić information content (AvgIpc) is 2.73. The lowest BCUT2D eigenvalue weighted by Crippen LogP contribution is -2.42. The number of ketones is 1. The smallest absolute Gasteiger partial charge is 0.403 e. The maximum atomic E-state index is 11.9. The number of hydrogen-bond donors (Lipinski definition) is 0. The zero-order chi connectivity index (χ0) is 16.4. The predicted octanol–water partition coefficient (Wildman–Crippen LogP) is 3.02. The molecule has 3 atom stereocenters. The Kier molecular flexibility index (Phi) is 3.45. The van der Waals surface area contributed by atoms with Crippen LogP contribution in [0.4, 0.5) is 0 Å². The summed E-state index contributed by atoms with van der Waals surface area (Å²) in [6.45, 7) is 13.2. The second-order valence-electron chi connectivity index (χ2n) is 8.57. The molecule has 0 amide bonds. The standard InChI is InChI=1S/C17H27BO4/c1-14(2)15(3,4)22-18(21-14)10-16(5)11-20-17(6)8-7-12(19)9-13(16)17/h7-8,13H,9-11H2,1-6H3/t13-,16-,17-/m0/s1. The summed E-state index contributed by atoms with van der Waals surface area (Å²) in [7, 11) is -0.248. The highest BCUT2D eigenvalue weighted by atomic mass is 16.7. The van der Waals surface area contributed by atoms with E-state index in [1.54, 1.807) is 6.08 Å². The number of allylic oxidation sites excluding steroid dienone is 1. The molecule has 0 radical (unpaired) electrons. The number of fused-ring (bicyclic) bond motifs is 1. The summed E-state index contributed by atoms with van der Waals surface area (Å²) in [5.74, 6) is 0.365. The van der Waals surface area contributed by atoms with Crippen LogP contribution in [0.3, 0.4) is 0 Å². The topological polar surface area (TPSA) is 44.8 Å². The van der Waals surface area contributed by atoms with Crippen molar-refractivity contribution in [3.8, 4) is 0 Å². The summed E-state index contributed by atoms with van der Waals surface area (Å²) in [5, 5.41) is 0. The van der Waals surface area contributed by atoms with Gasteiger partial charge < -0.3 is 14.0 Å². The van der Waals surface area contributed by atoms with Crippen molar-refractivity contribution < 1.29 is 18.8 Å². The van der Waals surface area contributed by atoms with E-state index in [9.17, 15) is 4.79 Å². The summed E-state index contributed by atoms with van der Waals surface area (Å²) in [5.41, 5.74) is -1.10. The molecule has 0 aromatic carbocycles. The van der Waals surface area contributed by atoms with Crippen LogP contribution in [0.1, 0.15) is 48.0 Å². The fourth-order valence-electron chi connectivity index (χ4n) is 3.98. The fraction of sp³-hybridized carbons (Fsp3) is 0.824. The highest BCUT2D eigenvalue weighted by molar-refractivity contribution is 6.45. The molecule has 4 nitrogen and oxygen atoms in total. The molecule has 0 bridgehead atoms. The first-order valence-electron chi connectivity index (χ1n) is 8.19. The third-order valence-electron chi connectivity index (χ3n) is 6.19. The van der Waals surface area contributed by atoms with Gasteiger partial charge in [-0.2, -0.15) is 0 Å². The summed E-state index contributed by atoms with van der Waals surface area (Å²) >= 11 is 0. The van der Waals surface area contributed by atoms with Crippen molar-refractivity contribution in [3.63, 3.8) is 0 Å². The second kappa shape index (κ2) is 4.68. The monoisotopic (exact) mass is 306 g/mol. The Labute approximate surface area is 133 Å². The Morgan fingerprint density at radius 1 is 1.14 bits per heavy atom. The lowest BCUT2D eigenvalue weighted by Gasteiger charge is -2.37. The number of ether oxygens (including phenoxy) is 1. The number of rotatable bonds is 2. The molecule has 2 fully saturated rings. The third kappa shape index (κ3) is 2.38. The number of carbonyl (C=O) groups is 1. The zero-order valence-corrected chi connectivity index (χ0v) is 14.6. The van der Waals surface area contributed by atoms with Crippen LogP contribution in [-0.4, -0.2) is 36.3 Å². The number of carbonyl (C=O) groups excluding carboxylic acids is 1. The van der Waals surface area contributed by atoms with Crippen LogP contribution in [0.15, 0.2) is 12.2 Å². The summed E-state index contributed by atoms with van der Waals surface area (Å²) < 4.78 is 18.4. The van der Waals surface area contributed by atoms with E-state index in [1.807, 2.05) is 6.08 Å². The summed E-state index contributed by atoms with van der Waals surface area (Å²) in [6.07, 6.45) is 4.89. The van der Waals surface area contributed by atoms with Gasteiger partial charge in [0.1, 0.15) is 0 Å². The molecule has 0 aromatic heterocycles. The van der Waals surface area contributed by atoms with E-state index >= 15 is 0 Å². The SMILES string of the molecule is CC1(C)OB(C[C@@]2(C)CO[C@@]3(C)C=CC(=O)C[C@@H]23)OC1(C)C. The fourth-order valence-corrected chi connectivity index (χ4v) is 3.98. The lowest BCUT2D eigenvalue weighted by molar-refractivity contribution is -0.118. The van der Waals surface area contributed by atoms with Gasteiger partial charge in [-0.3, -0.25) is 4.79 Å². The first kappa shape index (κ1) is 16.2. The van der Waals surface area contributed by atoms with E-state index in [4.69, 9.17) is 14.0 Å². The van der Waals surface area contributed by atoms with Crippen molar-refractivity contribution in [2.45, 2.75) is 71.1 Å². The molecule has 2 aliphatic heterocycles. The van der Waals surface area contributed by atoms with Crippen LogP contribution < -0.4 is 0 Å². The van der Waals surface area contributed by atoms with Gasteiger partial charge in [-0.1, -0.05) is 6.92 Å². The quantitative estimate of drug-likeness (QED) is 0.736. The van der Waals surface area contributed by atoms with Crippen molar-refractivity contribution in [1.82, 2.24) is 0 Å². The lowest BCUT2D eigenvalue weighted by atomic mass is 9.59. The van der Waals surface area contributed by atoms with Gasteiger partial charge >= 0.3 is 7.12 Å². The first-order valence-corrected chi connectivity index (χ1v) is 8.19. The van der Waals surface area contributed by atoms with Gasteiger partial charge in [0.15, 0.2) is 5.78 Å². The average molecular weight is 306 g/mol. The molecule has 0 aromatic rings. The van der Waals surface area contributed by atoms with E-state index in [2.05, 4.69) is 41.5 Å². The molecule has 22 heavy (non-hydrogen) atoms. The summed E-state index contributed by atoms with van der Waals surface area (Å²) in [4.78, 5) is 11.9. The van der Waals surface area contributed by atoms with Gasteiger partial charge in [-0.05, 0) is 58.5 Å². The number of hydrogen-bond acceptors (Lipinski definition) is 4. The normalized spacial score (nSPS) is 42.7. The Hall–Kier alpha value is -0.645. The van der Waals surface area contributed by atoms with Crippen LogP contribution in [-0.2, 0) is 18.8 Å². The van der Waals surface area contributed by atoms with Gasteiger partial charge in [0.05, 0.1) is 23.4 Å². The third-order valence-corrected chi connectivity index (χ3v) is 6.19. The highest BCUT2D eigenvalue weighted by Crippen LogP contribution is 2.53.